The molecule has 0 atom stereocenters. The molecule has 0 saturated carbocycles. The Balaban J connectivity index is 0.00000220. The van der Waals surface area contributed by atoms with Crippen LogP contribution in [0, 0.1) is 0 Å². The molecule has 1 N–H and O–H groups in total. The summed E-state index contributed by atoms with van der Waals surface area (Å²) in [4.78, 5) is 25.3. The molecular weight excluding hydrogens is 299 g/mol. The van der Waals surface area contributed by atoms with E-state index in [0.717, 1.165) is 15.9 Å². The van der Waals surface area contributed by atoms with E-state index in [4.69, 9.17) is 4.74 Å². The van der Waals surface area contributed by atoms with E-state index in [1.165, 1.54) is 7.05 Å². The van der Waals surface area contributed by atoms with Gasteiger partial charge in [-0.15, -0.1) is 0 Å². The number of aromatic amines is 1. The maximum atomic E-state index is 11.9. The molecule has 0 aliphatic heterocycles. The number of hydrogen-bond acceptors (Lipinski definition) is 4. The minimum Gasteiger partial charge on any atom is -0.860 e. The zero-order valence-corrected chi connectivity index (χ0v) is 15.4. The molecule has 0 fully saturated rings. The molecule has 1 heterocycles. The van der Waals surface area contributed by atoms with Crippen molar-refractivity contribution in [1.82, 2.24) is 9.55 Å². The van der Waals surface area contributed by atoms with Crippen molar-refractivity contribution in [1.29, 1.82) is 0 Å². The number of ether oxygens (including phenoxy) is 1. The predicted octanol–water partition coefficient (Wildman–Crippen LogP) is -2.86. The Morgan fingerprint density at radius 1 is 1.24 bits per heavy atom. The van der Waals surface area contributed by atoms with E-state index in [1.807, 2.05) is 6.92 Å². The standard InChI is InChI=1S/C14H16N2O4.K/c1-3-20-10-6-4-9(5-7-10)8-11-12(17)15-14(19)16(2)13(11)18;/h4-7,17H,3,8H2,1-2H3,(H,15,19);/q;+1/p-1. The molecule has 1 aromatic carbocycles. The molecule has 0 radical (unpaired) electrons. The van der Waals surface area contributed by atoms with Crippen molar-refractivity contribution in [3.63, 3.8) is 0 Å². The molecule has 0 aliphatic rings. The van der Waals surface area contributed by atoms with Gasteiger partial charge in [-0.25, -0.2) is 4.79 Å². The molecule has 0 unspecified atom stereocenters. The van der Waals surface area contributed by atoms with Crippen molar-refractivity contribution < 1.29 is 61.2 Å². The fourth-order valence-electron chi connectivity index (χ4n) is 1.88. The van der Waals surface area contributed by atoms with Gasteiger partial charge >= 0.3 is 57.1 Å². The van der Waals surface area contributed by atoms with Gasteiger partial charge in [-0.3, -0.25) is 9.36 Å². The Hall–Kier alpha value is -0.864. The first-order valence-electron chi connectivity index (χ1n) is 6.24. The van der Waals surface area contributed by atoms with E-state index in [9.17, 15) is 14.7 Å². The molecule has 6 nitrogen and oxygen atoms in total. The van der Waals surface area contributed by atoms with Crippen LogP contribution in [0.4, 0.5) is 0 Å². The minimum atomic E-state index is -0.699. The maximum absolute atomic E-state index is 11.9. The number of aromatic nitrogens is 2. The summed E-state index contributed by atoms with van der Waals surface area (Å²) in [6, 6.07) is 7.13. The second-order valence-corrected chi connectivity index (χ2v) is 4.36. The molecule has 0 amide bonds. The summed E-state index contributed by atoms with van der Waals surface area (Å²) in [5, 5.41) is 11.7. The van der Waals surface area contributed by atoms with E-state index < -0.39 is 17.1 Å². The summed E-state index contributed by atoms with van der Waals surface area (Å²) in [6.45, 7) is 2.46. The topological polar surface area (TPSA) is 87.2 Å². The first-order valence-corrected chi connectivity index (χ1v) is 6.24. The molecule has 1 aromatic heterocycles. The van der Waals surface area contributed by atoms with Gasteiger partial charge < -0.3 is 14.8 Å². The molecule has 106 valence electrons. The fraction of sp³-hybridized carbons (Fsp3) is 0.286. The molecule has 0 saturated heterocycles. The van der Waals surface area contributed by atoms with Crippen LogP contribution in [0.3, 0.4) is 0 Å². The Kier molecular flexibility index (Phi) is 6.89. The minimum absolute atomic E-state index is 0. The number of hydrogen-bond donors (Lipinski definition) is 1. The average Bonchev–Trinajstić information content (AvgIpc) is 2.43. The van der Waals surface area contributed by atoms with Crippen LogP contribution in [0.25, 0.3) is 0 Å². The largest absolute Gasteiger partial charge is 1.00 e. The van der Waals surface area contributed by atoms with Gasteiger partial charge in [-0.2, -0.15) is 0 Å². The normalized spacial score (nSPS) is 10.0. The number of nitrogens with one attached hydrogen (secondary N) is 1. The third-order valence-corrected chi connectivity index (χ3v) is 2.98. The third kappa shape index (κ3) is 4.30. The van der Waals surface area contributed by atoms with Gasteiger partial charge in [0, 0.05) is 19.0 Å². The van der Waals surface area contributed by atoms with Crippen LogP contribution in [0.15, 0.2) is 33.9 Å². The third-order valence-electron chi connectivity index (χ3n) is 2.98. The Morgan fingerprint density at radius 3 is 2.43 bits per heavy atom. The summed E-state index contributed by atoms with van der Waals surface area (Å²) >= 11 is 0. The summed E-state index contributed by atoms with van der Waals surface area (Å²) in [5.41, 5.74) is -0.408. The molecule has 7 heteroatoms. The summed E-state index contributed by atoms with van der Waals surface area (Å²) in [5.74, 6) is 0.0972. The summed E-state index contributed by atoms with van der Waals surface area (Å²) < 4.78 is 6.21. The molecule has 21 heavy (non-hydrogen) atoms. The predicted molar refractivity (Wildman–Crippen MR) is 72.2 cm³/mol. The Morgan fingerprint density at radius 2 is 1.86 bits per heavy atom. The Bertz CT molecular complexity index is 719. The Labute approximate surface area is 164 Å². The van der Waals surface area contributed by atoms with Gasteiger partial charge in [-0.05, 0) is 30.5 Å². The second kappa shape index (κ2) is 7.95. The molecular formula is C14H15KN2O4. The van der Waals surface area contributed by atoms with Crippen molar-refractivity contribution in [3.05, 3.63) is 56.2 Å². The smallest absolute Gasteiger partial charge is 0.860 e. The maximum Gasteiger partial charge on any atom is 1.00 e. The summed E-state index contributed by atoms with van der Waals surface area (Å²) in [6.07, 6.45) is 0.175. The van der Waals surface area contributed by atoms with Crippen LogP contribution < -0.4 is 72.5 Å². The van der Waals surface area contributed by atoms with Crippen molar-refractivity contribution in [2.75, 3.05) is 6.61 Å². The molecule has 2 aromatic rings. The molecule has 0 bridgehead atoms. The van der Waals surface area contributed by atoms with Crippen LogP contribution in [0.5, 0.6) is 11.6 Å². The fourth-order valence-corrected chi connectivity index (χ4v) is 1.88. The zero-order chi connectivity index (χ0) is 14.7. The SMILES string of the molecule is CCOc1ccc(Cc2c([O-])[nH]c(=O)n(C)c2=O)cc1.[K+]. The molecule has 0 spiro atoms. The van der Waals surface area contributed by atoms with Crippen LogP contribution in [-0.4, -0.2) is 16.2 Å². The number of benzene rings is 1. The van der Waals surface area contributed by atoms with Crippen LogP contribution in [0.1, 0.15) is 18.1 Å². The molecule has 2 rings (SSSR count). The van der Waals surface area contributed by atoms with E-state index in [0.29, 0.717) is 6.61 Å². The first-order chi connectivity index (χ1) is 9.52. The van der Waals surface area contributed by atoms with Gasteiger partial charge in [-0.1, -0.05) is 12.1 Å². The van der Waals surface area contributed by atoms with E-state index in [1.54, 1.807) is 24.3 Å². The molecule has 0 aliphatic carbocycles. The van der Waals surface area contributed by atoms with Crippen molar-refractivity contribution in [3.8, 4) is 11.6 Å². The quantitative estimate of drug-likeness (QED) is 0.615. The van der Waals surface area contributed by atoms with Crippen molar-refractivity contribution >= 4 is 0 Å². The van der Waals surface area contributed by atoms with Crippen molar-refractivity contribution in [2.45, 2.75) is 13.3 Å². The number of nitrogens with zero attached hydrogens (tertiary/aromatic N) is 1. The van der Waals surface area contributed by atoms with Gasteiger partial charge in [0.1, 0.15) is 5.75 Å². The van der Waals surface area contributed by atoms with Gasteiger partial charge in [0.25, 0.3) is 5.56 Å². The van der Waals surface area contributed by atoms with Crippen LogP contribution >= 0.6 is 0 Å². The van der Waals surface area contributed by atoms with Crippen LogP contribution in [0.2, 0.25) is 0 Å². The zero-order valence-electron chi connectivity index (χ0n) is 12.3. The number of rotatable bonds is 4. The van der Waals surface area contributed by atoms with Crippen LogP contribution in [-0.2, 0) is 13.5 Å². The van der Waals surface area contributed by atoms with Gasteiger partial charge in [0.05, 0.1) is 6.61 Å². The second-order valence-electron chi connectivity index (χ2n) is 4.36. The number of H-pyrrole nitrogens is 1. The van der Waals surface area contributed by atoms with E-state index in [-0.39, 0.29) is 63.4 Å². The van der Waals surface area contributed by atoms with E-state index >= 15 is 0 Å². The first kappa shape index (κ1) is 18.2. The summed E-state index contributed by atoms with van der Waals surface area (Å²) in [7, 11) is 1.34. The monoisotopic (exact) mass is 314 g/mol. The van der Waals surface area contributed by atoms with E-state index in [2.05, 4.69) is 4.98 Å². The van der Waals surface area contributed by atoms with Gasteiger partial charge in [0.2, 0.25) is 0 Å². The average molecular weight is 314 g/mol. The van der Waals surface area contributed by atoms with Gasteiger partial charge in [0.15, 0.2) is 0 Å². The van der Waals surface area contributed by atoms with Crippen molar-refractivity contribution in [2.24, 2.45) is 7.05 Å².